The molecule has 1 spiro atoms. The Hall–Kier alpha value is -1.88. The highest BCUT2D eigenvalue weighted by molar-refractivity contribution is 5.83. The number of likely N-dealkylation sites (tertiary alicyclic amines) is 3. The number of aryl methyl sites for hydroxylation is 1. The van der Waals surface area contributed by atoms with Gasteiger partial charge in [-0.25, -0.2) is 0 Å². The van der Waals surface area contributed by atoms with E-state index >= 15 is 0 Å². The van der Waals surface area contributed by atoms with E-state index in [2.05, 4.69) is 29.0 Å². The van der Waals surface area contributed by atoms with Crippen LogP contribution < -0.4 is 0 Å². The van der Waals surface area contributed by atoms with Crippen LogP contribution in [0.2, 0.25) is 0 Å². The molecular weight excluding hydrogens is 362 g/mol. The molecule has 3 aliphatic rings. The number of piperidine rings is 2. The predicted molar refractivity (Wildman–Crippen MR) is 114 cm³/mol. The molecule has 5 heteroatoms. The molecule has 5 nitrogen and oxygen atoms in total. The molecule has 3 saturated heterocycles. The fourth-order valence-electron chi connectivity index (χ4n) is 5.75. The summed E-state index contributed by atoms with van der Waals surface area (Å²) in [6.45, 7) is 4.44. The molecule has 0 N–H and O–H groups in total. The van der Waals surface area contributed by atoms with Crippen LogP contribution in [-0.4, -0.2) is 72.3 Å². The van der Waals surface area contributed by atoms with Gasteiger partial charge in [-0.1, -0.05) is 30.3 Å². The molecular formula is C24H35N3O2. The number of carbonyl (C=O) groups excluding carboxylic acids is 2. The topological polar surface area (TPSA) is 43.9 Å². The van der Waals surface area contributed by atoms with Crippen LogP contribution in [0.5, 0.6) is 0 Å². The van der Waals surface area contributed by atoms with Crippen molar-refractivity contribution >= 4 is 11.8 Å². The molecule has 3 aliphatic heterocycles. The smallest absolute Gasteiger partial charge is 0.240 e. The Labute approximate surface area is 175 Å². The van der Waals surface area contributed by atoms with Crippen LogP contribution in [0, 0.1) is 5.41 Å². The zero-order chi connectivity index (χ0) is 20.3. The molecule has 29 heavy (non-hydrogen) atoms. The number of amides is 2. The zero-order valence-corrected chi connectivity index (χ0v) is 17.8. The molecule has 3 fully saturated rings. The monoisotopic (exact) mass is 397 g/mol. The van der Waals surface area contributed by atoms with Crippen LogP contribution in [0.3, 0.4) is 0 Å². The standard InChI is InChI=1S/C24H35N3O2/c1-25-15-7-12-24(22(25)23(29)27-16-5-6-17-27)13-18-26(19-14-24)21(28)11-10-20-8-3-2-4-9-20/h2-4,8-9,22H,5-7,10-19H2,1H3. The summed E-state index contributed by atoms with van der Waals surface area (Å²) in [6.07, 6.45) is 7.85. The maximum absolute atomic E-state index is 13.4. The third kappa shape index (κ3) is 4.35. The minimum absolute atomic E-state index is 0.00378. The van der Waals surface area contributed by atoms with Crippen LogP contribution >= 0.6 is 0 Å². The van der Waals surface area contributed by atoms with Gasteiger partial charge >= 0.3 is 0 Å². The highest BCUT2D eigenvalue weighted by Gasteiger charge is 2.50. The van der Waals surface area contributed by atoms with Crippen molar-refractivity contribution in [2.45, 2.75) is 57.4 Å². The Bertz CT molecular complexity index is 706. The van der Waals surface area contributed by atoms with Crippen molar-refractivity contribution in [1.82, 2.24) is 14.7 Å². The molecule has 0 bridgehead atoms. The lowest BCUT2D eigenvalue weighted by molar-refractivity contribution is -0.147. The molecule has 0 aromatic heterocycles. The second kappa shape index (κ2) is 8.86. The summed E-state index contributed by atoms with van der Waals surface area (Å²) in [5, 5.41) is 0. The molecule has 1 aromatic carbocycles. The molecule has 1 aromatic rings. The van der Waals surface area contributed by atoms with Gasteiger partial charge in [0, 0.05) is 32.6 Å². The van der Waals surface area contributed by atoms with Crippen molar-refractivity contribution in [3.8, 4) is 0 Å². The Morgan fingerprint density at radius 1 is 0.897 bits per heavy atom. The van der Waals surface area contributed by atoms with Crippen molar-refractivity contribution < 1.29 is 9.59 Å². The highest BCUT2D eigenvalue weighted by atomic mass is 16.2. The van der Waals surface area contributed by atoms with Gasteiger partial charge in [-0.3, -0.25) is 14.5 Å². The quantitative estimate of drug-likeness (QED) is 0.785. The molecule has 1 atom stereocenters. The predicted octanol–water partition coefficient (Wildman–Crippen LogP) is 2.94. The fraction of sp³-hybridized carbons (Fsp3) is 0.667. The Morgan fingerprint density at radius 3 is 2.28 bits per heavy atom. The first kappa shape index (κ1) is 20.4. The summed E-state index contributed by atoms with van der Waals surface area (Å²) in [5.74, 6) is 0.601. The molecule has 3 heterocycles. The summed E-state index contributed by atoms with van der Waals surface area (Å²) < 4.78 is 0. The van der Waals surface area contributed by atoms with Crippen LogP contribution in [0.15, 0.2) is 30.3 Å². The van der Waals surface area contributed by atoms with Gasteiger partial charge < -0.3 is 9.80 Å². The minimum Gasteiger partial charge on any atom is -0.343 e. The first-order valence-corrected chi connectivity index (χ1v) is 11.4. The van der Waals surface area contributed by atoms with Crippen LogP contribution in [0.25, 0.3) is 0 Å². The number of rotatable bonds is 4. The molecule has 2 amide bonds. The first-order valence-electron chi connectivity index (χ1n) is 11.4. The second-order valence-electron chi connectivity index (χ2n) is 9.25. The lowest BCUT2D eigenvalue weighted by atomic mass is 9.66. The SMILES string of the molecule is CN1CCCC2(CCN(C(=O)CCc3ccccc3)CC2)C1C(=O)N1CCCC1. The van der Waals surface area contributed by atoms with Gasteiger partial charge in [0.05, 0.1) is 6.04 Å². The van der Waals surface area contributed by atoms with E-state index in [0.717, 1.165) is 77.7 Å². The largest absolute Gasteiger partial charge is 0.343 e. The molecule has 0 saturated carbocycles. The van der Waals surface area contributed by atoms with Crippen molar-refractivity contribution in [3.05, 3.63) is 35.9 Å². The molecule has 158 valence electrons. The molecule has 0 radical (unpaired) electrons. The van der Waals surface area contributed by atoms with Crippen LogP contribution in [0.4, 0.5) is 0 Å². The van der Waals surface area contributed by atoms with E-state index in [-0.39, 0.29) is 17.4 Å². The summed E-state index contributed by atoms with van der Waals surface area (Å²) in [4.78, 5) is 32.6. The van der Waals surface area contributed by atoms with Crippen molar-refractivity contribution in [2.24, 2.45) is 5.41 Å². The number of hydrogen-bond acceptors (Lipinski definition) is 3. The number of likely N-dealkylation sites (N-methyl/N-ethyl adjacent to an activating group) is 1. The Balaban J connectivity index is 1.38. The van der Waals surface area contributed by atoms with E-state index in [1.807, 2.05) is 23.1 Å². The van der Waals surface area contributed by atoms with Crippen molar-refractivity contribution in [3.63, 3.8) is 0 Å². The lowest BCUT2D eigenvalue weighted by Gasteiger charge is -2.52. The van der Waals surface area contributed by atoms with Crippen molar-refractivity contribution in [2.75, 3.05) is 39.8 Å². The maximum Gasteiger partial charge on any atom is 0.240 e. The van der Waals surface area contributed by atoms with Gasteiger partial charge in [0.2, 0.25) is 11.8 Å². The maximum atomic E-state index is 13.4. The van der Waals surface area contributed by atoms with Gasteiger partial charge in [0.15, 0.2) is 0 Å². The van der Waals surface area contributed by atoms with Crippen LogP contribution in [-0.2, 0) is 16.0 Å². The van der Waals surface area contributed by atoms with E-state index < -0.39 is 0 Å². The highest BCUT2D eigenvalue weighted by Crippen LogP contribution is 2.45. The molecule has 4 rings (SSSR count). The summed E-state index contributed by atoms with van der Waals surface area (Å²) in [7, 11) is 2.12. The number of nitrogens with zero attached hydrogens (tertiary/aromatic N) is 3. The van der Waals surface area contributed by atoms with Gasteiger partial charge in [-0.05, 0) is 69.5 Å². The fourth-order valence-corrected chi connectivity index (χ4v) is 5.75. The van der Waals surface area contributed by atoms with E-state index in [1.165, 1.54) is 5.56 Å². The van der Waals surface area contributed by atoms with E-state index in [9.17, 15) is 9.59 Å². The van der Waals surface area contributed by atoms with Gasteiger partial charge in [0.25, 0.3) is 0 Å². The lowest BCUT2D eigenvalue weighted by Crippen LogP contribution is -2.61. The Kier molecular flexibility index (Phi) is 6.23. The van der Waals surface area contributed by atoms with E-state index in [0.29, 0.717) is 12.3 Å². The van der Waals surface area contributed by atoms with E-state index in [4.69, 9.17) is 0 Å². The molecule has 0 aliphatic carbocycles. The van der Waals surface area contributed by atoms with Crippen LogP contribution in [0.1, 0.15) is 50.5 Å². The number of carbonyl (C=O) groups is 2. The zero-order valence-electron chi connectivity index (χ0n) is 17.8. The van der Waals surface area contributed by atoms with Gasteiger partial charge in [0.1, 0.15) is 0 Å². The third-order valence-electron chi connectivity index (χ3n) is 7.44. The summed E-state index contributed by atoms with van der Waals surface area (Å²) >= 11 is 0. The number of hydrogen-bond donors (Lipinski definition) is 0. The minimum atomic E-state index is -0.00378. The molecule has 1 unspecified atom stereocenters. The third-order valence-corrected chi connectivity index (χ3v) is 7.44. The van der Waals surface area contributed by atoms with Crippen molar-refractivity contribution in [1.29, 1.82) is 0 Å². The second-order valence-corrected chi connectivity index (χ2v) is 9.25. The summed E-state index contributed by atoms with van der Waals surface area (Å²) in [6, 6.07) is 10.2. The average Bonchev–Trinajstić information content (AvgIpc) is 3.28. The van der Waals surface area contributed by atoms with Gasteiger partial charge in [-0.15, -0.1) is 0 Å². The number of benzene rings is 1. The average molecular weight is 398 g/mol. The Morgan fingerprint density at radius 2 is 1.59 bits per heavy atom. The normalized spacial score (nSPS) is 24.8. The van der Waals surface area contributed by atoms with E-state index in [1.54, 1.807) is 0 Å². The first-order chi connectivity index (χ1) is 14.1. The summed E-state index contributed by atoms with van der Waals surface area (Å²) in [5.41, 5.74) is 1.27. The van der Waals surface area contributed by atoms with Gasteiger partial charge in [-0.2, -0.15) is 0 Å².